The van der Waals surface area contributed by atoms with Gasteiger partial charge in [0.25, 0.3) is 5.89 Å². The number of halogens is 5. The lowest BCUT2D eigenvalue weighted by Gasteiger charge is -2.41. The van der Waals surface area contributed by atoms with Crippen molar-refractivity contribution in [3.63, 3.8) is 0 Å². The van der Waals surface area contributed by atoms with Crippen LogP contribution in [0.1, 0.15) is 24.2 Å². The first-order valence-corrected chi connectivity index (χ1v) is 11.6. The molecule has 3 aromatic rings. The van der Waals surface area contributed by atoms with E-state index in [1.54, 1.807) is 12.1 Å². The lowest BCUT2D eigenvalue weighted by molar-refractivity contribution is 0.264. The molecule has 14 heteroatoms. The number of hydrogen-bond donors (Lipinski definition) is 1. The molecule has 0 spiro atoms. The molecule has 1 aliphatic heterocycles. The minimum absolute atomic E-state index is 0.0928. The van der Waals surface area contributed by atoms with Gasteiger partial charge in [0.1, 0.15) is 11.5 Å². The molecule has 1 saturated heterocycles. The van der Waals surface area contributed by atoms with Crippen LogP contribution in [0.3, 0.4) is 0 Å². The van der Waals surface area contributed by atoms with Crippen LogP contribution in [0.2, 0.25) is 0 Å². The molecule has 1 fully saturated rings. The molecule has 8 nitrogen and oxygen atoms in total. The summed E-state index contributed by atoms with van der Waals surface area (Å²) >= 11 is 0. The molecule has 0 atom stereocenters. The fraction of sp³-hybridized carbons (Fsp3) is 0.316. The molecule has 3 heterocycles. The number of aliphatic hydroxyl groups excluding tert-OH is 1. The van der Waals surface area contributed by atoms with Gasteiger partial charge in [-0.15, -0.1) is 10.2 Å². The van der Waals surface area contributed by atoms with Crippen molar-refractivity contribution in [2.24, 2.45) is 0 Å². The first kappa shape index (κ1) is 22.9. The van der Waals surface area contributed by atoms with E-state index in [1.807, 2.05) is 4.90 Å². The fourth-order valence-electron chi connectivity index (χ4n) is 3.64. The molecule has 0 bridgehead atoms. The SMILES string of the molecule is N#CC1(c2ccc(S(F)(F)(F)(F)F)cc2)CCN(c2ccc(-c3nc(CO)no3)nn2)CC1. The summed E-state index contributed by atoms with van der Waals surface area (Å²) in [5.74, 6) is 0.701. The summed E-state index contributed by atoms with van der Waals surface area (Å²) in [6.45, 7) is 0.312. The first-order valence-electron chi connectivity index (χ1n) is 9.62. The Kier molecular flexibility index (Phi) is 4.92. The van der Waals surface area contributed by atoms with E-state index in [-0.39, 0.29) is 36.7 Å². The molecular formula is C19H17F5N6O2S. The second kappa shape index (κ2) is 7.09. The summed E-state index contributed by atoms with van der Waals surface area (Å²) in [5, 5.41) is 30.5. The smallest absolute Gasteiger partial charge is 0.310 e. The van der Waals surface area contributed by atoms with Crippen molar-refractivity contribution < 1.29 is 29.1 Å². The van der Waals surface area contributed by atoms with Gasteiger partial charge in [-0.1, -0.05) is 36.7 Å². The normalized spacial score (nSPS) is 18.3. The van der Waals surface area contributed by atoms with Gasteiger partial charge in [-0.2, -0.15) is 10.2 Å². The maximum Gasteiger partial charge on any atom is 0.310 e. The highest BCUT2D eigenvalue weighted by Crippen LogP contribution is 3.02. The minimum atomic E-state index is -9.77. The molecule has 1 aromatic carbocycles. The molecule has 0 unspecified atom stereocenters. The van der Waals surface area contributed by atoms with Gasteiger partial charge in [0.2, 0.25) is 0 Å². The molecule has 2 aromatic heterocycles. The van der Waals surface area contributed by atoms with E-state index in [0.29, 0.717) is 36.7 Å². The first-order chi connectivity index (χ1) is 15.3. The molecular weight excluding hydrogens is 471 g/mol. The van der Waals surface area contributed by atoms with Crippen molar-refractivity contribution in [2.75, 3.05) is 18.0 Å². The number of aromatic nitrogens is 4. The molecule has 1 N–H and O–H groups in total. The van der Waals surface area contributed by atoms with Crippen LogP contribution in [0, 0.1) is 11.3 Å². The number of hydrogen-bond acceptors (Lipinski definition) is 8. The lowest BCUT2D eigenvalue weighted by atomic mass is 9.74. The van der Waals surface area contributed by atoms with Crippen molar-refractivity contribution in [3.05, 3.63) is 47.8 Å². The highest BCUT2D eigenvalue weighted by molar-refractivity contribution is 8.45. The molecule has 0 aliphatic carbocycles. The standard InChI is InChI=1S/C19H17F5N6O2S/c20-33(21,22,23,24)14-3-1-13(2-4-14)19(12-25)7-9-30(10-8-19)17-6-5-15(27-28-17)18-26-16(11-31)29-32-18/h1-6,31H,7-11H2. The Hall–Kier alpha value is -3.31. The van der Waals surface area contributed by atoms with E-state index in [0.717, 1.165) is 12.1 Å². The van der Waals surface area contributed by atoms with Crippen LogP contribution in [0.5, 0.6) is 0 Å². The zero-order chi connectivity index (χ0) is 24.0. The van der Waals surface area contributed by atoms with Gasteiger partial charge in [0, 0.05) is 13.1 Å². The van der Waals surface area contributed by atoms with Crippen molar-refractivity contribution >= 4 is 16.0 Å². The van der Waals surface area contributed by atoms with Crippen molar-refractivity contribution in [1.82, 2.24) is 20.3 Å². The maximum absolute atomic E-state index is 13.0. The van der Waals surface area contributed by atoms with Crippen LogP contribution in [0.4, 0.5) is 25.2 Å². The molecule has 33 heavy (non-hydrogen) atoms. The third-order valence-corrected chi connectivity index (χ3v) is 6.65. The number of aliphatic hydroxyl groups is 1. The average Bonchev–Trinajstić information content (AvgIpc) is 3.27. The Morgan fingerprint density at radius 2 is 1.70 bits per heavy atom. The van der Waals surface area contributed by atoms with Crippen molar-refractivity contribution in [3.8, 4) is 17.7 Å². The summed E-state index contributed by atoms with van der Waals surface area (Å²) in [4.78, 5) is 3.81. The number of nitrogens with zero attached hydrogens (tertiary/aromatic N) is 6. The Morgan fingerprint density at radius 1 is 1.03 bits per heavy atom. The summed E-state index contributed by atoms with van der Waals surface area (Å²) in [6, 6.07) is 7.99. The van der Waals surface area contributed by atoms with Gasteiger partial charge in [0.15, 0.2) is 17.3 Å². The highest BCUT2D eigenvalue weighted by Gasteiger charge is 2.65. The number of rotatable bonds is 5. The van der Waals surface area contributed by atoms with E-state index in [4.69, 9.17) is 9.63 Å². The summed E-state index contributed by atoms with van der Waals surface area (Å²) in [5.41, 5.74) is -0.545. The Balaban J connectivity index is 1.48. The van der Waals surface area contributed by atoms with Crippen LogP contribution in [0.25, 0.3) is 11.6 Å². The van der Waals surface area contributed by atoms with E-state index in [1.165, 1.54) is 0 Å². The molecule has 0 radical (unpaired) electrons. The number of nitriles is 1. The van der Waals surface area contributed by atoms with E-state index in [2.05, 4.69) is 26.4 Å². The van der Waals surface area contributed by atoms with Crippen LogP contribution in [-0.2, 0) is 12.0 Å². The summed E-state index contributed by atoms with van der Waals surface area (Å²) < 4.78 is 69.9. The molecule has 0 amide bonds. The molecule has 0 saturated carbocycles. The predicted octanol–water partition coefficient (Wildman–Crippen LogP) is 4.74. The Labute approximate surface area is 184 Å². The van der Waals surface area contributed by atoms with Crippen molar-refractivity contribution in [2.45, 2.75) is 29.8 Å². The largest absolute Gasteiger partial charge is 0.388 e. The molecule has 4 rings (SSSR count). The van der Waals surface area contributed by atoms with Crippen molar-refractivity contribution in [1.29, 1.82) is 5.26 Å². The van der Waals surface area contributed by atoms with E-state index < -0.39 is 20.5 Å². The zero-order valence-electron chi connectivity index (χ0n) is 16.8. The lowest BCUT2D eigenvalue weighted by Crippen LogP contribution is -2.42. The predicted molar refractivity (Wildman–Crippen MR) is 108 cm³/mol. The van der Waals surface area contributed by atoms with Crippen LogP contribution >= 0.6 is 10.2 Å². The van der Waals surface area contributed by atoms with Gasteiger partial charge in [-0.3, -0.25) is 0 Å². The van der Waals surface area contributed by atoms with Crippen LogP contribution in [-0.4, -0.2) is 38.5 Å². The molecule has 176 valence electrons. The number of anilines is 1. The van der Waals surface area contributed by atoms with E-state index in [9.17, 15) is 24.7 Å². The number of piperidine rings is 1. The maximum atomic E-state index is 13.0. The van der Waals surface area contributed by atoms with Crippen LogP contribution < -0.4 is 4.90 Å². The van der Waals surface area contributed by atoms with Gasteiger partial charge in [0.05, 0.1) is 11.5 Å². The second-order valence-corrected chi connectivity index (χ2v) is 10.0. The quantitative estimate of drug-likeness (QED) is 0.513. The number of benzene rings is 1. The monoisotopic (exact) mass is 488 g/mol. The minimum Gasteiger partial charge on any atom is -0.388 e. The highest BCUT2D eigenvalue weighted by atomic mass is 32.5. The van der Waals surface area contributed by atoms with E-state index >= 15 is 0 Å². The zero-order valence-corrected chi connectivity index (χ0v) is 17.7. The third kappa shape index (κ3) is 4.60. The molecule has 1 aliphatic rings. The Bertz CT molecular complexity index is 1200. The van der Waals surface area contributed by atoms with Gasteiger partial charge in [-0.05, 0) is 42.7 Å². The van der Waals surface area contributed by atoms with Gasteiger partial charge >= 0.3 is 10.2 Å². The third-order valence-electron chi connectivity index (χ3n) is 5.49. The average molecular weight is 488 g/mol. The van der Waals surface area contributed by atoms with Gasteiger partial charge in [-0.25, -0.2) is 0 Å². The van der Waals surface area contributed by atoms with Crippen LogP contribution in [0.15, 0.2) is 45.8 Å². The summed E-state index contributed by atoms with van der Waals surface area (Å²) in [7, 11) is -9.77. The topological polar surface area (TPSA) is 112 Å². The summed E-state index contributed by atoms with van der Waals surface area (Å²) in [6.07, 6.45) is 0.512. The van der Waals surface area contributed by atoms with Gasteiger partial charge < -0.3 is 14.5 Å². The fourth-order valence-corrected chi connectivity index (χ4v) is 4.29. The Morgan fingerprint density at radius 3 is 2.18 bits per heavy atom. The second-order valence-electron chi connectivity index (χ2n) is 7.62.